The summed E-state index contributed by atoms with van der Waals surface area (Å²) in [4.78, 5) is 12.6. The lowest BCUT2D eigenvalue weighted by atomic mass is 9.75. The summed E-state index contributed by atoms with van der Waals surface area (Å²) in [5, 5.41) is 6.41. The lowest BCUT2D eigenvalue weighted by Gasteiger charge is -2.36. The minimum absolute atomic E-state index is 0.105. The van der Waals surface area contributed by atoms with Gasteiger partial charge in [-0.1, -0.05) is 12.1 Å². The zero-order valence-corrected chi connectivity index (χ0v) is 12.4. The molecule has 0 radical (unpaired) electrons. The number of hydrogen-bond acceptors (Lipinski definition) is 4. The van der Waals surface area contributed by atoms with Gasteiger partial charge in [0.25, 0.3) is 0 Å². The van der Waals surface area contributed by atoms with E-state index in [1.807, 2.05) is 24.3 Å². The topological polar surface area (TPSA) is 59.6 Å². The molecule has 2 saturated heterocycles. The molecule has 2 fully saturated rings. The first-order valence-electron chi connectivity index (χ1n) is 7.44. The van der Waals surface area contributed by atoms with E-state index in [9.17, 15) is 4.79 Å². The Labute approximate surface area is 125 Å². The van der Waals surface area contributed by atoms with Crippen molar-refractivity contribution >= 4 is 5.91 Å². The van der Waals surface area contributed by atoms with Gasteiger partial charge >= 0.3 is 0 Å². The molecule has 114 valence electrons. The van der Waals surface area contributed by atoms with Gasteiger partial charge in [-0.05, 0) is 36.6 Å². The molecule has 0 spiro atoms. The van der Waals surface area contributed by atoms with Crippen LogP contribution >= 0.6 is 0 Å². The van der Waals surface area contributed by atoms with Crippen LogP contribution in [0.5, 0.6) is 5.75 Å². The van der Waals surface area contributed by atoms with Gasteiger partial charge in [0.15, 0.2) is 0 Å². The quantitative estimate of drug-likeness (QED) is 0.866. The number of ether oxygens (including phenoxy) is 2. The van der Waals surface area contributed by atoms with E-state index in [1.54, 1.807) is 7.11 Å². The molecule has 2 N–H and O–H groups in total. The van der Waals surface area contributed by atoms with Crippen molar-refractivity contribution in [3.63, 3.8) is 0 Å². The first-order valence-corrected chi connectivity index (χ1v) is 7.44. The van der Waals surface area contributed by atoms with Gasteiger partial charge in [0.2, 0.25) is 5.91 Å². The Hall–Kier alpha value is -1.59. The van der Waals surface area contributed by atoms with Gasteiger partial charge in [-0.25, -0.2) is 0 Å². The van der Waals surface area contributed by atoms with Crippen LogP contribution < -0.4 is 15.4 Å². The minimum Gasteiger partial charge on any atom is -0.497 e. The number of benzene rings is 1. The third-order valence-electron chi connectivity index (χ3n) is 4.65. The zero-order chi connectivity index (χ0) is 14.7. The van der Waals surface area contributed by atoms with Crippen molar-refractivity contribution in [3.05, 3.63) is 29.8 Å². The summed E-state index contributed by atoms with van der Waals surface area (Å²) in [6, 6.07) is 7.75. The Morgan fingerprint density at radius 3 is 3.05 bits per heavy atom. The predicted octanol–water partition coefficient (Wildman–Crippen LogP) is 0.937. The van der Waals surface area contributed by atoms with Crippen molar-refractivity contribution in [2.24, 2.45) is 11.3 Å². The van der Waals surface area contributed by atoms with E-state index in [-0.39, 0.29) is 11.3 Å². The van der Waals surface area contributed by atoms with Crippen LogP contribution in [0.4, 0.5) is 0 Å². The van der Waals surface area contributed by atoms with E-state index < -0.39 is 0 Å². The third-order valence-corrected chi connectivity index (χ3v) is 4.65. The highest BCUT2D eigenvalue weighted by atomic mass is 16.5. The SMILES string of the molecule is COc1ccc(CNC(=O)[C@]23CNC[C@H]2CCOC3)cc1. The Morgan fingerprint density at radius 2 is 2.29 bits per heavy atom. The molecule has 3 rings (SSSR count). The van der Waals surface area contributed by atoms with Gasteiger partial charge in [-0.15, -0.1) is 0 Å². The molecule has 2 atom stereocenters. The summed E-state index contributed by atoms with van der Waals surface area (Å²) >= 11 is 0. The van der Waals surface area contributed by atoms with Crippen LogP contribution in [0.15, 0.2) is 24.3 Å². The van der Waals surface area contributed by atoms with Gasteiger partial charge in [0.1, 0.15) is 5.75 Å². The van der Waals surface area contributed by atoms with E-state index in [4.69, 9.17) is 9.47 Å². The highest BCUT2D eigenvalue weighted by molar-refractivity contribution is 5.84. The van der Waals surface area contributed by atoms with Crippen molar-refractivity contribution in [2.45, 2.75) is 13.0 Å². The molecule has 2 aliphatic heterocycles. The largest absolute Gasteiger partial charge is 0.497 e. The molecule has 2 heterocycles. The van der Waals surface area contributed by atoms with Crippen LogP contribution in [0.25, 0.3) is 0 Å². The number of nitrogens with one attached hydrogen (secondary N) is 2. The average molecular weight is 290 g/mol. The molecule has 5 heteroatoms. The second-order valence-corrected chi connectivity index (χ2v) is 5.86. The van der Waals surface area contributed by atoms with Crippen molar-refractivity contribution in [1.29, 1.82) is 0 Å². The highest BCUT2D eigenvalue weighted by Crippen LogP contribution is 2.37. The molecular weight excluding hydrogens is 268 g/mol. The van der Waals surface area contributed by atoms with Crippen LogP contribution in [0.3, 0.4) is 0 Å². The Morgan fingerprint density at radius 1 is 1.48 bits per heavy atom. The number of fused-ring (bicyclic) bond motifs is 1. The maximum Gasteiger partial charge on any atom is 0.230 e. The Balaban J connectivity index is 1.62. The number of rotatable bonds is 4. The smallest absolute Gasteiger partial charge is 0.230 e. The maximum absolute atomic E-state index is 12.6. The standard InChI is InChI=1S/C16H22N2O3/c1-20-14-4-2-12(3-5-14)8-18-15(19)16-10-17-9-13(16)6-7-21-11-16/h2-5,13,17H,6-11H2,1H3,(H,18,19)/t13-,16+/m1/s1. The monoisotopic (exact) mass is 290 g/mol. The van der Waals surface area contributed by atoms with Crippen LogP contribution in [0.1, 0.15) is 12.0 Å². The molecule has 0 bridgehead atoms. The van der Waals surface area contributed by atoms with E-state index in [0.717, 1.165) is 30.9 Å². The van der Waals surface area contributed by atoms with E-state index in [1.165, 1.54) is 0 Å². The number of carbonyl (C=O) groups is 1. The fourth-order valence-electron chi connectivity index (χ4n) is 3.27. The fraction of sp³-hybridized carbons (Fsp3) is 0.562. The normalized spacial score (nSPS) is 28.0. The molecule has 0 saturated carbocycles. The van der Waals surface area contributed by atoms with Gasteiger partial charge in [0.05, 0.1) is 19.1 Å². The lowest BCUT2D eigenvalue weighted by Crippen LogP contribution is -2.51. The van der Waals surface area contributed by atoms with Crippen LogP contribution in [-0.2, 0) is 16.1 Å². The van der Waals surface area contributed by atoms with Crippen molar-refractivity contribution in [3.8, 4) is 5.75 Å². The average Bonchev–Trinajstić information content (AvgIpc) is 2.98. The molecule has 21 heavy (non-hydrogen) atoms. The van der Waals surface area contributed by atoms with Crippen molar-refractivity contribution in [2.75, 3.05) is 33.4 Å². The lowest BCUT2D eigenvalue weighted by molar-refractivity contribution is -0.141. The van der Waals surface area contributed by atoms with Crippen LogP contribution in [0, 0.1) is 11.3 Å². The van der Waals surface area contributed by atoms with Crippen molar-refractivity contribution in [1.82, 2.24) is 10.6 Å². The molecule has 0 unspecified atom stereocenters. The van der Waals surface area contributed by atoms with Crippen molar-refractivity contribution < 1.29 is 14.3 Å². The number of hydrogen-bond donors (Lipinski definition) is 2. The number of methoxy groups -OCH3 is 1. The van der Waals surface area contributed by atoms with E-state index in [2.05, 4.69) is 10.6 Å². The summed E-state index contributed by atoms with van der Waals surface area (Å²) in [6.07, 6.45) is 0.961. The summed E-state index contributed by atoms with van der Waals surface area (Å²) in [7, 11) is 1.65. The third kappa shape index (κ3) is 2.76. The first kappa shape index (κ1) is 14.4. The van der Waals surface area contributed by atoms with Gasteiger partial charge < -0.3 is 20.1 Å². The van der Waals surface area contributed by atoms with Gasteiger partial charge in [-0.3, -0.25) is 4.79 Å². The zero-order valence-electron chi connectivity index (χ0n) is 12.4. The number of carbonyl (C=O) groups excluding carboxylic acids is 1. The molecule has 1 amide bonds. The second kappa shape index (κ2) is 6.03. The summed E-state index contributed by atoms with van der Waals surface area (Å²) in [5.74, 6) is 1.32. The summed E-state index contributed by atoms with van der Waals surface area (Å²) in [5.41, 5.74) is 0.685. The molecule has 0 aliphatic carbocycles. The molecule has 0 aromatic heterocycles. The van der Waals surface area contributed by atoms with Crippen LogP contribution in [0.2, 0.25) is 0 Å². The summed E-state index contributed by atoms with van der Waals surface area (Å²) < 4.78 is 10.7. The Bertz CT molecular complexity index is 503. The van der Waals surface area contributed by atoms with Gasteiger partial charge in [0, 0.05) is 19.7 Å². The van der Waals surface area contributed by atoms with E-state index >= 15 is 0 Å². The van der Waals surface area contributed by atoms with Gasteiger partial charge in [-0.2, -0.15) is 0 Å². The minimum atomic E-state index is -0.384. The predicted molar refractivity (Wildman–Crippen MR) is 79.1 cm³/mol. The van der Waals surface area contributed by atoms with E-state index in [0.29, 0.717) is 25.6 Å². The molecular formula is C16H22N2O3. The Kier molecular flexibility index (Phi) is 4.12. The highest BCUT2D eigenvalue weighted by Gasteiger charge is 2.50. The fourth-order valence-corrected chi connectivity index (χ4v) is 3.27. The molecule has 2 aliphatic rings. The first-order chi connectivity index (χ1) is 10.2. The molecule has 1 aromatic rings. The van der Waals surface area contributed by atoms with Crippen LogP contribution in [-0.4, -0.2) is 39.3 Å². The molecule has 1 aromatic carbocycles. The molecule has 5 nitrogen and oxygen atoms in total. The summed E-state index contributed by atoms with van der Waals surface area (Å²) in [6.45, 7) is 3.46. The maximum atomic E-state index is 12.6. The second-order valence-electron chi connectivity index (χ2n) is 5.86. The number of amides is 1.